The molecule has 1 amide bonds. The van der Waals surface area contributed by atoms with Crippen LogP contribution >= 0.6 is 0 Å². The van der Waals surface area contributed by atoms with Crippen LogP contribution in [-0.2, 0) is 0 Å². The molecule has 0 atom stereocenters. The topological polar surface area (TPSA) is 55.1 Å². The summed E-state index contributed by atoms with van der Waals surface area (Å²) in [6.07, 6.45) is 3.32. The van der Waals surface area contributed by atoms with Gasteiger partial charge in [0.1, 0.15) is 0 Å². The smallest absolute Gasteiger partial charge is 0.253 e. The number of nitrogens with one attached hydrogen (secondary N) is 1. The highest BCUT2D eigenvalue weighted by Gasteiger charge is 2.08. The summed E-state index contributed by atoms with van der Waals surface area (Å²) in [6.45, 7) is 4.82. The fourth-order valence-electron chi connectivity index (χ4n) is 1.56. The van der Waals surface area contributed by atoms with Crippen LogP contribution in [0.5, 0.6) is 0 Å². The third-order valence-electron chi connectivity index (χ3n) is 2.52. The van der Waals surface area contributed by atoms with Gasteiger partial charge in [0.05, 0.1) is 5.56 Å². The van der Waals surface area contributed by atoms with Crippen LogP contribution in [0.15, 0.2) is 18.2 Å². The fraction of sp³-hybridized carbons (Fsp3) is 0.462. The van der Waals surface area contributed by atoms with E-state index < -0.39 is 0 Å². The molecule has 0 aliphatic heterocycles. The molecule has 0 aliphatic rings. The minimum atomic E-state index is -0.0754. The van der Waals surface area contributed by atoms with Crippen molar-refractivity contribution in [1.29, 1.82) is 0 Å². The molecular weight excluding hydrogens is 200 g/mol. The molecule has 1 aromatic carbocycles. The van der Waals surface area contributed by atoms with Gasteiger partial charge in [-0.15, -0.1) is 0 Å². The normalized spacial score (nSPS) is 10.1. The van der Waals surface area contributed by atoms with E-state index in [1.54, 1.807) is 6.07 Å². The van der Waals surface area contributed by atoms with Gasteiger partial charge in [-0.3, -0.25) is 4.79 Å². The Morgan fingerprint density at radius 3 is 2.75 bits per heavy atom. The molecule has 0 unspecified atom stereocenters. The van der Waals surface area contributed by atoms with Gasteiger partial charge in [-0.25, -0.2) is 0 Å². The summed E-state index contributed by atoms with van der Waals surface area (Å²) >= 11 is 0. The standard InChI is InChI=1S/C13H20N2O/c1-3-4-5-8-15-13(16)11-7-6-10(2)9-12(11)14/h6-7,9H,3-5,8,14H2,1-2H3,(H,15,16). The number of rotatable bonds is 5. The number of anilines is 1. The van der Waals surface area contributed by atoms with Gasteiger partial charge in [0.25, 0.3) is 5.91 Å². The molecule has 0 heterocycles. The van der Waals surface area contributed by atoms with E-state index in [9.17, 15) is 4.79 Å². The third-order valence-corrected chi connectivity index (χ3v) is 2.52. The molecule has 0 bridgehead atoms. The highest BCUT2D eigenvalue weighted by Crippen LogP contribution is 2.13. The molecule has 0 fully saturated rings. The van der Waals surface area contributed by atoms with Crippen LogP contribution in [0, 0.1) is 6.92 Å². The van der Waals surface area contributed by atoms with Crippen molar-refractivity contribution in [2.24, 2.45) is 0 Å². The van der Waals surface area contributed by atoms with Gasteiger partial charge in [0, 0.05) is 12.2 Å². The predicted octanol–water partition coefficient (Wildman–Crippen LogP) is 2.50. The van der Waals surface area contributed by atoms with E-state index in [1.165, 1.54) is 0 Å². The van der Waals surface area contributed by atoms with E-state index in [0.29, 0.717) is 11.3 Å². The number of unbranched alkanes of at least 4 members (excludes halogenated alkanes) is 2. The van der Waals surface area contributed by atoms with Crippen LogP contribution in [0.3, 0.4) is 0 Å². The monoisotopic (exact) mass is 220 g/mol. The first-order valence-electron chi connectivity index (χ1n) is 5.79. The molecule has 3 nitrogen and oxygen atoms in total. The minimum absolute atomic E-state index is 0.0754. The van der Waals surface area contributed by atoms with Gasteiger partial charge >= 0.3 is 0 Å². The fourth-order valence-corrected chi connectivity index (χ4v) is 1.56. The Morgan fingerprint density at radius 1 is 1.38 bits per heavy atom. The highest BCUT2D eigenvalue weighted by molar-refractivity contribution is 5.99. The van der Waals surface area contributed by atoms with Crippen LogP contribution in [0.25, 0.3) is 0 Å². The van der Waals surface area contributed by atoms with Crippen LogP contribution in [0.4, 0.5) is 5.69 Å². The zero-order valence-electron chi connectivity index (χ0n) is 10.0. The maximum Gasteiger partial charge on any atom is 0.253 e. The molecule has 16 heavy (non-hydrogen) atoms. The Morgan fingerprint density at radius 2 is 2.12 bits per heavy atom. The number of hydrogen-bond acceptors (Lipinski definition) is 2. The van der Waals surface area contributed by atoms with Gasteiger partial charge in [-0.05, 0) is 31.0 Å². The Hall–Kier alpha value is -1.51. The van der Waals surface area contributed by atoms with E-state index in [0.717, 1.165) is 31.4 Å². The Balaban J connectivity index is 2.53. The Kier molecular flexibility index (Phi) is 4.83. The minimum Gasteiger partial charge on any atom is -0.398 e. The summed E-state index contributed by atoms with van der Waals surface area (Å²) in [6, 6.07) is 5.50. The first kappa shape index (κ1) is 12.6. The van der Waals surface area contributed by atoms with Crippen molar-refractivity contribution in [1.82, 2.24) is 5.32 Å². The van der Waals surface area contributed by atoms with Crippen LogP contribution < -0.4 is 11.1 Å². The lowest BCUT2D eigenvalue weighted by molar-refractivity contribution is 0.0954. The third kappa shape index (κ3) is 3.57. The van der Waals surface area contributed by atoms with E-state index in [-0.39, 0.29) is 5.91 Å². The number of nitrogen functional groups attached to an aromatic ring is 1. The second-order valence-electron chi connectivity index (χ2n) is 4.05. The highest BCUT2D eigenvalue weighted by atomic mass is 16.1. The molecule has 1 rings (SSSR count). The first-order chi connectivity index (χ1) is 7.65. The molecule has 3 N–H and O–H groups in total. The quantitative estimate of drug-likeness (QED) is 0.591. The number of amides is 1. The maximum absolute atomic E-state index is 11.7. The molecule has 0 saturated heterocycles. The van der Waals surface area contributed by atoms with Crippen LogP contribution in [-0.4, -0.2) is 12.5 Å². The van der Waals surface area contributed by atoms with E-state index >= 15 is 0 Å². The second-order valence-corrected chi connectivity index (χ2v) is 4.05. The Bertz CT molecular complexity index is 361. The molecule has 3 heteroatoms. The van der Waals surface area contributed by atoms with E-state index in [4.69, 9.17) is 5.73 Å². The predicted molar refractivity (Wildman–Crippen MR) is 67.4 cm³/mol. The number of nitrogens with two attached hydrogens (primary N) is 1. The lowest BCUT2D eigenvalue weighted by atomic mass is 10.1. The average molecular weight is 220 g/mol. The Labute approximate surface area is 97.0 Å². The summed E-state index contributed by atoms with van der Waals surface area (Å²) in [5.41, 5.74) is 7.98. The zero-order chi connectivity index (χ0) is 12.0. The largest absolute Gasteiger partial charge is 0.398 e. The summed E-state index contributed by atoms with van der Waals surface area (Å²) < 4.78 is 0. The van der Waals surface area contributed by atoms with Crippen LogP contribution in [0.1, 0.15) is 42.1 Å². The summed E-state index contributed by atoms with van der Waals surface area (Å²) in [7, 11) is 0. The maximum atomic E-state index is 11.7. The van der Waals surface area contributed by atoms with Gasteiger partial charge in [0.2, 0.25) is 0 Å². The molecule has 0 aliphatic carbocycles. The molecule has 1 aromatic rings. The number of hydrogen-bond donors (Lipinski definition) is 2. The van der Waals surface area contributed by atoms with Gasteiger partial charge in [-0.2, -0.15) is 0 Å². The lowest BCUT2D eigenvalue weighted by Gasteiger charge is -2.07. The van der Waals surface area contributed by atoms with Crippen molar-refractivity contribution in [2.45, 2.75) is 33.1 Å². The second kappa shape index (κ2) is 6.16. The zero-order valence-corrected chi connectivity index (χ0v) is 10.0. The van der Waals surface area contributed by atoms with Crippen molar-refractivity contribution in [2.75, 3.05) is 12.3 Å². The van der Waals surface area contributed by atoms with E-state index in [2.05, 4.69) is 12.2 Å². The van der Waals surface area contributed by atoms with Crippen molar-refractivity contribution >= 4 is 11.6 Å². The van der Waals surface area contributed by atoms with E-state index in [1.807, 2.05) is 19.1 Å². The lowest BCUT2D eigenvalue weighted by Crippen LogP contribution is -2.25. The number of benzene rings is 1. The summed E-state index contributed by atoms with van der Waals surface area (Å²) in [4.78, 5) is 11.7. The van der Waals surface area contributed by atoms with Gasteiger partial charge in [-0.1, -0.05) is 25.8 Å². The molecule has 0 saturated carbocycles. The molecule has 0 aromatic heterocycles. The van der Waals surface area contributed by atoms with Crippen molar-refractivity contribution < 1.29 is 4.79 Å². The average Bonchev–Trinajstić information content (AvgIpc) is 2.24. The summed E-state index contributed by atoms with van der Waals surface area (Å²) in [5, 5.41) is 2.88. The van der Waals surface area contributed by atoms with Crippen molar-refractivity contribution in [3.05, 3.63) is 29.3 Å². The molecule has 0 radical (unpaired) electrons. The van der Waals surface area contributed by atoms with Crippen molar-refractivity contribution in [3.63, 3.8) is 0 Å². The van der Waals surface area contributed by atoms with Crippen molar-refractivity contribution in [3.8, 4) is 0 Å². The van der Waals surface area contributed by atoms with Gasteiger partial charge in [0.15, 0.2) is 0 Å². The first-order valence-corrected chi connectivity index (χ1v) is 5.79. The van der Waals surface area contributed by atoms with Crippen LogP contribution in [0.2, 0.25) is 0 Å². The SMILES string of the molecule is CCCCCNC(=O)c1ccc(C)cc1N. The molecular formula is C13H20N2O. The number of aryl methyl sites for hydroxylation is 1. The van der Waals surface area contributed by atoms with Gasteiger partial charge < -0.3 is 11.1 Å². The number of carbonyl (C=O) groups is 1. The molecule has 0 spiro atoms. The molecule has 88 valence electrons. The number of carbonyl (C=O) groups excluding carboxylic acids is 1. The summed E-state index contributed by atoms with van der Waals surface area (Å²) in [5.74, 6) is -0.0754.